The number of para-hydroxylation sites is 1. The van der Waals surface area contributed by atoms with Gasteiger partial charge >= 0.3 is 5.97 Å². The van der Waals surface area contributed by atoms with Crippen molar-refractivity contribution in [3.05, 3.63) is 64.1 Å². The summed E-state index contributed by atoms with van der Waals surface area (Å²) in [4.78, 5) is 17.4. The highest BCUT2D eigenvalue weighted by Crippen LogP contribution is 2.30. The number of unbranched alkanes of at least 4 members (excludes halogenated alkanes) is 3. The van der Waals surface area contributed by atoms with E-state index in [0.717, 1.165) is 31.2 Å². The molecule has 3 aromatic rings. The van der Waals surface area contributed by atoms with E-state index in [1.807, 2.05) is 24.3 Å². The second kappa shape index (κ2) is 9.20. The van der Waals surface area contributed by atoms with Gasteiger partial charge in [0.05, 0.1) is 28.4 Å². The minimum Gasteiger partial charge on any atom is -0.462 e. The minimum absolute atomic E-state index is 0.351. The third kappa shape index (κ3) is 4.79. The zero-order valence-electron chi connectivity index (χ0n) is 15.2. The topological polar surface area (TPSA) is 39.2 Å². The molecule has 0 saturated heterocycles. The van der Waals surface area contributed by atoms with Crippen molar-refractivity contribution >= 4 is 40.1 Å². The quantitative estimate of drug-likeness (QED) is 0.317. The second-order valence-corrected chi connectivity index (χ2v) is 7.24. The highest BCUT2D eigenvalue weighted by molar-refractivity contribution is 6.35. The largest absolute Gasteiger partial charge is 0.462 e. The Balaban J connectivity index is 1.96. The molecule has 27 heavy (non-hydrogen) atoms. The summed E-state index contributed by atoms with van der Waals surface area (Å²) in [7, 11) is 0. The molecular weight excluding hydrogens is 381 g/mol. The van der Waals surface area contributed by atoms with Crippen molar-refractivity contribution in [1.82, 2.24) is 4.98 Å². The van der Waals surface area contributed by atoms with Gasteiger partial charge in [-0.25, -0.2) is 9.78 Å². The number of pyridine rings is 1. The number of halogens is 2. The van der Waals surface area contributed by atoms with Gasteiger partial charge in [0.15, 0.2) is 0 Å². The predicted molar refractivity (Wildman–Crippen MR) is 112 cm³/mol. The number of carbonyl (C=O) groups excluding carboxylic acids is 1. The molecule has 1 aromatic heterocycles. The summed E-state index contributed by atoms with van der Waals surface area (Å²) < 4.78 is 5.50. The van der Waals surface area contributed by atoms with Crippen LogP contribution in [-0.2, 0) is 4.74 Å². The lowest BCUT2D eigenvalue weighted by molar-refractivity contribution is 0.0500. The maximum atomic E-state index is 12.7. The Morgan fingerprint density at radius 1 is 1.04 bits per heavy atom. The highest BCUT2D eigenvalue weighted by atomic mass is 35.5. The predicted octanol–water partition coefficient (Wildman–Crippen LogP) is 6.95. The number of carbonyl (C=O) groups is 1. The third-order valence-electron chi connectivity index (χ3n) is 4.38. The molecule has 0 radical (unpaired) electrons. The number of ether oxygens (including phenoxy) is 1. The van der Waals surface area contributed by atoms with Crippen molar-refractivity contribution in [2.45, 2.75) is 32.6 Å². The van der Waals surface area contributed by atoms with Crippen LogP contribution < -0.4 is 0 Å². The van der Waals surface area contributed by atoms with Crippen molar-refractivity contribution in [3.63, 3.8) is 0 Å². The van der Waals surface area contributed by atoms with Crippen molar-refractivity contribution in [2.24, 2.45) is 0 Å². The van der Waals surface area contributed by atoms with Crippen molar-refractivity contribution in [3.8, 4) is 11.3 Å². The van der Waals surface area contributed by atoms with Crippen LogP contribution in [0.4, 0.5) is 0 Å². The lowest BCUT2D eigenvalue weighted by Crippen LogP contribution is -2.08. The van der Waals surface area contributed by atoms with Gasteiger partial charge in [-0.1, -0.05) is 73.7 Å². The van der Waals surface area contributed by atoms with E-state index in [4.69, 9.17) is 27.9 Å². The van der Waals surface area contributed by atoms with Gasteiger partial charge in [-0.2, -0.15) is 0 Å². The molecule has 0 saturated carbocycles. The number of rotatable bonds is 7. The van der Waals surface area contributed by atoms with E-state index in [0.29, 0.717) is 38.8 Å². The fourth-order valence-electron chi connectivity index (χ4n) is 2.92. The molecule has 3 rings (SSSR count). The highest BCUT2D eigenvalue weighted by Gasteiger charge is 2.16. The number of hydrogen-bond donors (Lipinski definition) is 0. The first kappa shape index (κ1) is 19.7. The van der Waals surface area contributed by atoms with Crippen LogP contribution in [-0.4, -0.2) is 17.6 Å². The molecule has 0 aliphatic carbocycles. The van der Waals surface area contributed by atoms with Gasteiger partial charge in [0.2, 0.25) is 0 Å². The molecular formula is C22H21Cl2NO2. The van der Waals surface area contributed by atoms with Crippen molar-refractivity contribution in [2.75, 3.05) is 6.61 Å². The number of esters is 1. The van der Waals surface area contributed by atoms with Crippen LogP contribution in [0, 0.1) is 0 Å². The average molecular weight is 402 g/mol. The van der Waals surface area contributed by atoms with E-state index >= 15 is 0 Å². The summed E-state index contributed by atoms with van der Waals surface area (Å²) in [6.07, 6.45) is 4.22. The summed E-state index contributed by atoms with van der Waals surface area (Å²) in [6.45, 7) is 2.57. The zero-order valence-corrected chi connectivity index (χ0v) is 16.7. The third-order valence-corrected chi connectivity index (χ3v) is 4.94. The fraction of sp³-hybridized carbons (Fsp3) is 0.273. The Bertz CT molecular complexity index is 939. The molecule has 0 bridgehead atoms. The maximum Gasteiger partial charge on any atom is 0.338 e. The number of nitrogens with zero attached hydrogens (tertiary/aromatic N) is 1. The SMILES string of the molecule is CCCCCCOC(=O)c1cc(-c2ccc(Cl)cc2)nc2c(Cl)cccc12. The van der Waals surface area contributed by atoms with Crippen LogP contribution in [0.3, 0.4) is 0 Å². The lowest BCUT2D eigenvalue weighted by Gasteiger charge is -2.11. The Hall–Kier alpha value is -2.10. The van der Waals surface area contributed by atoms with Crippen LogP contribution in [0.25, 0.3) is 22.2 Å². The van der Waals surface area contributed by atoms with Crippen molar-refractivity contribution < 1.29 is 9.53 Å². The number of hydrogen-bond acceptors (Lipinski definition) is 3. The van der Waals surface area contributed by atoms with E-state index in [1.54, 1.807) is 24.3 Å². The monoisotopic (exact) mass is 401 g/mol. The summed E-state index contributed by atoms with van der Waals surface area (Å²) in [5.74, 6) is -0.351. The second-order valence-electron chi connectivity index (χ2n) is 6.39. The smallest absolute Gasteiger partial charge is 0.338 e. The van der Waals surface area contributed by atoms with E-state index in [-0.39, 0.29) is 5.97 Å². The normalized spacial score (nSPS) is 10.9. The molecule has 0 spiro atoms. The standard InChI is InChI=1S/C22H21Cl2NO2/c1-2-3-4-5-13-27-22(26)18-14-20(15-9-11-16(23)12-10-15)25-21-17(18)7-6-8-19(21)24/h6-12,14H,2-5,13H2,1H3. The van der Waals surface area contributed by atoms with E-state index < -0.39 is 0 Å². The maximum absolute atomic E-state index is 12.7. The zero-order chi connectivity index (χ0) is 19.2. The summed E-state index contributed by atoms with van der Waals surface area (Å²) in [5.41, 5.74) is 2.58. The number of fused-ring (bicyclic) bond motifs is 1. The molecule has 2 aromatic carbocycles. The molecule has 0 unspecified atom stereocenters. The van der Waals surface area contributed by atoms with Crippen LogP contribution in [0.2, 0.25) is 10.0 Å². The van der Waals surface area contributed by atoms with Crippen molar-refractivity contribution in [1.29, 1.82) is 0 Å². The van der Waals surface area contributed by atoms with E-state index in [1.165, 1.54) is 0 Å². The van der Waals surface area contributed by atoms with Gasteiger partial charge in [0.25, 0.3) is 0 Å². The molecule has 3 nitrogen and oxygen atoms in total. The van der Waals surface area contributed by atoms with Crippen LogP contribution in [0.5, 0.6) is 0 Å². The van der Waals surface area contributed by atoms with Gasteiger partial charge in [-0.3, -0.25) is 0 Å². The van der Waals surface area contributed by atoms with E-state index in [9.17, 15) is 4.79 Å². The molecule has 0 atom stereocenters. The first-order valence-corrected chi connectivity index (χ1v) is 9.88. The van der Waals surface area contributed by atoms with Gasteiger partial charge in [0.1, 0.15) is 0 Å². The molecule has 0 fully saturated rings. The van der Waals surface area contributed by atoms with Crippen LogP contribution in [0.1, 0.15) is 43.0 Å². The molecule has 0 aliphatic rings. The number of aromatic nitrogens is 1. The molecule has 1 heterocycles. The summed E-state index contributed by atoms with van der Waals surface area (Å²) in [6, 6.07) is 14.5. The van der Waals surface area contributed by atoms with Crippen LogP contribution >= 0.6 is 23.2 Å². The van der Waals surface area contributed by atoms with Gasteiger partial charge in [0, 0.05) is 16.0 Å². The summed E-state index contributed by atoms with van der Waals surface area (Å²) >= 11 is 12.3. The Morgan fingerprint density at radius 3 is 2.56 bits per heavy atom. The lowest BCUT2D eigenvalue weighted by atomic mass is 10.0. The molecule has 140 valence electrons. The van der Waals surface area contributed by atoms with E-state index in [2.05, 4.69) is 11.9 Å². The van der Waals surface area contributed by atoms with Gasteiger partial charge in [-0.15, -0.1) is 0 Å². The fourth-order valence-corrected chi connectivity index (χ4v) is 3.27. The summed E-state index contributed by atoms with van der Waals surface area (Å²) in [5, 5.41) is 1.84. The average Bonchev–Trinajstić information content (AvgIpc) is 2.68. The molecule has 5 heteroatoms. The first-order chi connectivity index (χ1) is 13.1. The molecule has 0 aliphatic heterocycles. The Morgan fingerprint density at radius 2 is 1.81 bits per heavy atom. The van der Waals surface area contributed by atoms with Gasteiger partial charge < -0.3 is 4.74 Å². The first-order valence-electron chi connectivity index (χ1n) is 9.12. The molecule has 0 amide bonds. The van der Waals surface area contributed by atoms with Crippen LogP contribution in [0.15, 0.2) is 48.5 Å². The molecule has 0 N–H and O–H groups in total. The number of benzene rings is 2. The Labute approximate surface area is 169 Å². The van der Waals surface area contributed by atoms with Gasteiger partial charge in [-0.05, 0) is 30.7 Å². The minimum atomic E-state index is -0.351. The Kier molecular flexibility index (Phi) is 6.70.